The van der Waals surface area contributed by atoms with Crippen molar-refractivity contribution in [2.24, 2.45) is 0 Å². The first-order valence-electron chi connectivity index (χ1n) is 6.07. The van der Waals surface area contributed by atoms with Gasteiger partial charge in [0.25, 0.3) is 10.0 Å². The number of nitrogen functional groups attached to an aromatic ring is 1. The van der Waals surface area contributed by atoms with Gasteiger partial charge in [-0.3, -0.25) is 0 Å². The summed E-state index contributed by atoms with van der Waals surface area (Å²) in [6.45, 7) is 0. The van der Waals surface area contributed by atoms with E-state index in [2.05, 4.69) is 5.10 Å². The first-order valence-corrected chi connectivity index (χ1v) is 7.68. The van der Waals surface area contributed by atoms with Crippen LogP contribution in [0.2, 0.25) is 0 Å². The molecule has 0 fully saturated rings. The summed E-state index contributed by atoms with van der Waals surface area (Å²) in [5.74, 6) is -0.0883. The fraction of sp³-hybridized carbons (Fsp3) is 0.0714. The lowest BCUT2D eigenvalue weighted by Gasteiger charge is -2.06. The Labute approximate surface area is 116 Å². The molecule has 102 valence electrons. The fourth-order valence-corrected chi connectivity index (χ4v) is 3.49. The second-order valence-corrected chi connectivity index (χ2v) is 6.35. The summed E-state index contributed by atoms with van der Waals surface area (Å²) < 4.78 is 25.9. The Morgan fingerprint density at radius 2 is 1.85 bits per heavy atom. The average molecular weight is 287 g/mol. The van der Waals surface area contributed by atoms with Crippen molar-refractivity contribution in [2.45, 2.75) is 5.75 Å². The van der Waals surface area contributed by atoms with Crippen molar-refractivity contribution in [1.29, 1.82) is 0 Å². The van der Waals surface area contributed by atoms with Crippen molar-refractivity contribution < 1.29 is 8.42 Å². The molecule has 1 heterocycles. The number of benzene rings is 2. The van der Waals surface area contributed by atoms with Crippen LogP contribution in [0.25, 0.3) is 10.9 Å². The van der Waals surface area contributed by atoms with E-state index in [1.165, 1.54) is 6.20 Å². The molecule has 6 heteroatoms. The number of rotatable bonds is 3. The van der Waals surface area contributed by atoms with Crippen LogP contribution in [0, 0.1) is 0 Å². The Morgan fingerprint density at radius 1 is 1.10 bits per heavy atom. The van der Waals surface area contributed by atoms with E-state index in [1.807, 2.05) is 18.2 Å². The largest absolute Gasteiger partial charge is 0.399 e. The van der Waals surface area contributed by atoms with Gasteiger partial charge >= 0.3 is 0 Å². The summed E-state index contributed by atoms with van der Waals surface area (Å²) >= 11 is 0. The number of nitrogens with zero attached hydrogens (tertiary/aromatic N) is 2. The molecule has 1 aromatic heterocycles. The number of hydrogen-bond acceptors (Lipinski definition) is 4. The third-order valence-electron chi connectivity index (χ3n) is 3.01. The first-order chi connectivity index (χ1) is 9.56. The van der Waals surface area contributed by atoms with Crippen LogP contribution < -0.4 is 5.73 Å². The van der Waals surface area contributed by atoms with Crippen molar-refractivity contribution in [2.75, 3.05) is 5.73 Å². The molecule has 2 N–H and O–H groups in total. The van der Waals surface area contributed by atoms with Gasteiger partial charge in [-0.05, 0) is 23.8 Å². The third kappa shape index (κ3) is 2.25. The van der Waals surface area contributed by atoms with E-state index in [0.717, 1.165) is 9.65 Å². The van der Waals surface area contributed by atoms with Gasteiger partial charge in [-0.25, -0.2) is 8.42 Å². The molecule has 0 radical (unpaired) electrons. The fourth-order valence-electron chi connectivity index (χ4n) is 2.10. The molecule has 0 spiro atoms. The zero-order chi connectivity index (χ0) is 14.2. The van der Waals surface area contributed by atoms with Gasteiger partial charge in [-0.15, -0.1) is 0 Å². The molecule has 0 unspecified atom stereocenters. The maximum Gasteiger partial charge on any atom is 0.258 e. The molecule has 0 amide bonds. The lowest BCUT2D eigenvalue weighted by atomic mass is 10.2. The van der Waals surface area contributed by atoms with Gasteiger partial charge < -0.3 is 5.73 Å². The van der Waals surface area contributed by atoms with Gasteiger partial charge in [0.1, 0.15) is 0 Å². The van der Waals surface area contributed by atoms with Crippen molar-refractivity contribution in [3.63, 3.8) is 0 Å². The van der Waals surface area contributed by atoms with Crippen molar-refractivity contribution in [3.8, 4) is 0 Å². The lowest BCUT2D eigenvalue weighted by Crippen LogP contribution is -2.16. The van der Waals surface area contributed by atoms with Crippen LogP contribution in [0.15, 0.2) is 54.7 Å². The predicted octanol–water partition coefficient (Wildman–Crippen LogP) is 2.00. The molecule has 3 aromatic rings. The molecule has 0 saturated carbocycles. The number of hydrogen-bond donors (Lipinski definition) is 1. The van der Waals surface area contributed by atoms with Crippen LogP contribution in [-0.2, 0) is 15.8 Å². The number of fused-ring (bicyclic) bond motifs is 1. The quantitative estimate of drug-likeness (QED) is 0.747. The van der Waals surface area contributed by atoms with Gasteiger partial charge in [-0.2, -0.15) is 9.19 Å². The lowest BCUT2D eigenvalue weighted by molar-refractivity contribution is 0.581. The van der Waals surface area contributed by atoms with E-state index < -0.39 is 10.0 Å². The minimum Gasteiger partial charge on any atom is -0.399 e. The van der Waals surface area contributed by atoms with Crippen LogP contribution in [0.4, 0.5) is 5.69 Å². The maximum absolute atomic E-state index is 12.4. The monoisotopic (exact) mass is 287 g/mol. The summed E-state index contributed by atoms with van der Waals surface area (Å²) in [5.41, 5.74) is 7.53. The Morgan fingerprint density at radius 3 is 2.60 bits per heavy atom. The summed E-state index contributed by atoms with van der Waals surface area (Å²) in [7, 11) is -3.54. The normalized spacial score (nSPS) is 11.8. The van der Waals surface area contributed by atoms with E-state index >= 15 is 0 Å². The smallest absolute Gasteiger partial charge is 0.258 e. The van der Waals surface area contributed by atoms with Crippen molar-refractivity contribution >= 4 is 26.6 Å². The highest BCUT2D eigenvalue weighted by atomic mass is 32.2. The summed E-state index contributed by atoms with van der Waals surface area (Å²) in [6.07, 6.45) is 1.51. The molecule has 20 heavy (non-hydrogen) atoms. The van der Waals surface area contributed by atoms with E-state index in [0.29, 0.717) is 16.6 Å². The first kappa shape index (κ1) is 12.7. The standard InChI is InChI=1S/C14H13N3O2S/c15-13-6-7-14-12(8-13)9-16-17(14)20(18,19)10-11-4-2-1-3-5-11/h1-9H,10,15H2. The summed E-state index contributed by atoms with van der Waals surface area (Å²) in [5, 5.41) is 4.69. The zero-order valence-corrected chi connectivity index (χ0v) is 11.4. The molecule has 2 aromatic carbocycles. The molecule has 3 rings (SSSR count). The summed E-state index contributed by atoms with van der Waals surface area (Å²) in [6, 6.07) is 14.1. The zero-order valence-electron chi connectivity index (χ0n) is 10.6. The summed E-state index contributed by atoms with van der Waals surface area (Å²) in [4.78, 5) is 0. The molecule has 0 atom stereocenters. The highest BCUT2D eigenvalue weighted by Crippen LogP contribution is 2.20. The second-order valence-electron chi connectivity index (χ2n) is 4.55. The van der Waals surface area contributed by atoms with Gasteiger partial charge in [0.15, 0.2) is 0 Å². The van der Waals surface area contributed by atoms with Crippen LogP contribution in [0.1, 0.15) is 5.56 Å². The van der Waals surface area contributed by atoms with Gasteiger partial charge in [0.05, 0.1) is 17.5 Å². The van der Waals surface area contributed by atoms with Crippen molar-refractivity contribution in [3.05, 3.63) is 60.3 Å². The van der Waals surface area contributed by atoms with E-state index in [9.17, 15) is 8.42 Å². The minimum absolute atomic E-state index is 0.0883. The Bertz CT molecular complexity index is 855. The molecule has 0 aliphatic carbocycles. The highest BCUT2D eigenvalue weighted by molar-refractivity contribution is 7.89. The maximum atomic E-state index is 12.4. The topological polar surface area (TPSA) is 78.0 Å². The van der Waals surface area contributed by atoms with E-state index in [1.54, 1.807) is 30.3 Å². The van der Waals surface area contributed by atoms with Crippen LogP contribution in [-0.4, -0.2) is 17.6 Å². The molecule has 0 bridgehead atoms. The Hall–Kier alpha value is -2.34. The average Bonchev–Trinajstić information content (AvgIpc) is 2.83. The molecule has 0 aliphatic rings. The Kier molecular flexibility index (Phi) is 2.94. The third-order valence-corrected chi connectivity index (χ3v) is 4.53. The molecule has 5 nitrogen and oxygen atoms in total. The number of anilines is 1. The van der Waals surface area contributed by atoms with E-state index in [4.69, 9.17) is 5.73 Å². The Balaban J connectivity index is 2.06. The van der Waals surface area contributed by atoms with E-state index in [-0.39, 0.29) is 5.75 Å². The van der Waals surface area contributed by atoms with Crippen LogP contribution >= 0.6 is 0 Å². The molecular weight excluding hydrogens is 274 g/mol. The highest BCUT2D eigenvalue weighted by Gasteiger charge is 2.18. The minimum atomic E-state index is -3.54. The molecule has 0 saturated heterocycles. The number of nitrogens with two attached hydrogens (primary N) is 1. The molecular formula is C14H13N3O2S. The van der Waals surface area contributed by atoms with Gasteiger partial charge in [0, 0.05) is 11.1 Å². The van der Waals surface area contributed by atoms with Crippen LogP contribution in [0.5, 0.6) is 0 Å². The molecule has 0 aliphatic heterocycles. The predicted molar refractivity (Wildman–Crippen MR) is 78.6 cm³/mol. The van der Waals surface area contributed by atoms with Gasteiger partial charge in [-0.1, -0.05) is 30.3 Å². The SMILES string of the molecule is Nc1ccc2c(cnn2S(=O)(=O)Cc2ccccc2)c1. The van der Waals surface area contributed by atoms with Gasteiger partial charge in [0.2, 0.25) is 0 Å². The number of aromatic nitrogens is 2. The van der Waals surface area contributed by atoms with Crippen LogP contribution in [0.3, 0.4) is 0 Å². The van der Waals surface area contributed by atoms with Crippen molar-refractivity contribution in [1.82, 2.24) is 9.19 Å². The second kappa shape index (κ2) is 4.64.